The number of amidine groups is 1. The van der Waals surface area contributed by atoms with Gasteiger partial charge in [-0.1, -0.05) is 60.1 Å². The Hall–Kier alpha value is -4.16. The summed E-state index contributed by atoms with van der Waals surface area (Å²) in [6.07, 6.45) is -0.357. The molecule has 0 radical (unpaired) electrons. The third-order valence-electron chi connectivity index (χ3n) is 5.47. The Labute approximate surface area is 196 Å². The average Bonchev–Trinajstić information content (AvgIpc) is 3.26. The quantitative estimate of drug-likeness (QED) is 0.250. The van der Waals surface area contributed by atoms with Gasteiger partial charge in [-0.2, -0.15) is 5.10 Å². The van der Waals surface area contributed by atoms with Crippen molar-refractivity contribution in [2.45, 2.75) is 6.17 Å². The molecule has 1 unspecified atom stereocenters. The first-order valence-electron chi connectivity index (χ1n) is 10.4. The molecular weight excluding hydrogens is 436 g/mol. The van der Waals surface area contributed by atoms with Gasteiger partial charge in [0, 0.05) is 28.4 Å². The molecule has 1 aliphatic heterocycles. The minimum Gasteiger partial charge on any atom is -0.297 e. The number of anilines is 2. The van der Waals surface area contributed by atoms with E-state index < -0.39 is 4.92 Å². The van der Waals surface area contributed by atoms with Gasteiger partial charge in [-0.15, -0.1) is 0 Å². The van der Waals surface area contributed by atoms with E-state index in [4.69, 9.17) is 16.7 Å². The monoisotopic (exact) mass is 454 g/mol. The number of hydrazone groups is 1. The van der Waals surface area contributed by atoms with Crippen LogP contribution in [0.25, 0.3) is 0 Å². The fraction of sp³-hybridized carbons (Fsp3) is 0.0385. The van der Waals surface area contributed by atoms with Gasteiger partial charge in [0.15, 0.2) is 12.0 Å². The van der Waals surface area contributed by atoms with Crippen LogP contribution in [0, 0.1) is 10.1 Å². The summed E-state index contributed by atoms with van der Waals surface area (Å²) in [5, 5.41) is 18.8. The third-order valence-corrected chi connectivity index (χ3v) is 5.72. The number of rotatable bonds is 5. The van der Waals surface area contributed by atoms with Crippen LogP contribution in [-0.4, -0.2) is 10.8 Å². The molecule has 33 heavy (non-hydrogen) atoms. The Morgan fingerprint density at radius 2 is 1.36 bits per heavy atom. The third kappa shape index (κ3) is 4.04. The molecular formula is C26H19ClN4O2. The predicted octanol–water partition coefficient (Wildman–Crippen LogP) is 6.64. The normalized spacial score (nSPS) is 15.4. The first-order chi connectivity index (χ1) is 16.1. The molecule has 0 aliphatic carbocycles. The van der Waals surface area contributed by atoms with Crippen molar-refractivity contribution >= 4 is 34.5 Å². The van der Waals surface area contributed by atoms with Crippen molar-refractivity contribution in [3.05, 3.63) is 135 Å². The summed E-state index contributed by atoms with van der Waals surface area (Å²) in [6.45, 7) is 0. The van der Waals surface area contributed by atoms with Crippen LogP contribution >= 0.6 is 11.6 Å². The number of para-hydroxylation sites is 1. The van der Waals surface area contributed by atoms with Crippen molar-refractivity contribution in [3.8, 4) is 0 Å². The van der Waals surface area contributed by atoms with Gasteiger partial charge in [0.05, 0.1) is 10.6 Å². The van der Waals surface area contributed by atoms with Crippen LogP contribution in [0.15, 0.2) is 114 Å². The Bertz CT molecular complexity index is 1290. The zero-order chi connectivity index (χ0) is 22.8. The van der Waals surface area contributed by atoms with Crippen molar-refractivity contribution in [1.29, 1.82) is 0 Å². The lowest BCUT2D eigenvalue weighted by molar-refractivity contribution is -0.384. The number of nitro groups is 1. The van der Waals surface area contributed by atoms with Crippen molar-refractivity contribution in [3.63, 3.8) is 0 Å². The second-order valence-corrected chi connectivity index (χ2v) is 7.97. The summed E-state index contributed by atoms with van der Waals surface area (Å²) in [4.78, 5) is 13.0. The van der Waals surface area contributed by atoms with Crippen LogP contribution in [0.5, 0.6) is 0 Å². The van der Waals surface area contributed by atoms with Crippen LogP contribution < -0.4 is 9.91 Å². The average molecular weight is 455 g/mol. The Morgan fingerprint density at radius 1 is 0.758 bits per heavy atom. The Morgan fingerprint density at radius 3 is 1.97 bits per heavy atom. The summed E-state index contributed by atoms with van der Waals surface area (Å²) in [5.41, 5.74) is 3.69. The number of nitrogens with zero attached hydrogens (tertiary/aromatic N) is 4. The van der Waals surface area contributed by atoms with Crippen molar-refractivity contribution < 1.29 is 4.92 Å². The van der Waals surface area contributed by atoms with Crippen molar-refractivity contribution in [1.82, 2.24) is 0 Å². The minimum atomic E-state index is -0.393. The van der Waals surface area contributed by atoms with E-state index >= 15 is 0 Å². The molecule has 0 amide bonds. The first kappa shape index (κ1) is 20.7. The van der Waals surface area contributed by atoms with Gasteiger partial charge in [0.1, 0.15) is 0 Å². The molecule has 6 nitrogen and oxygen atoms in total. The molecule has 5 rings (SSSR count). The number of hydrogen-bond donors (Lipinski definition) is 0. The SMILES string of the molecule is O=[N+]([O-])c1ccc(C2N(c3ccccc3)N=C(c3ccccc3)N2c2ccc(Cl)cc2)cc1. The molecule has 4 aromatic rings. The zero-order valence-corrected chi connectivity index (χ0v) is 18.2. The predicted molar refractivity (Wildman–Crippen MR) is 132 cm³/mol. The number of halogens is 1. The van der Waals surface area contributed by atoms with E-state index in [9.17, 15) is 10.1 Å². The van der Waals surface area contributed by atoms with E-state index in [0.717, 1.165) is 28.3 Å². The fourth-order valence-corrected chi connectivity index (χ4v) is 4.04. The molecule has 0 aromatic heterocycles. The Kier molecular flexibility index (Phi) is 5.50. The van der Waals surface area contributed by atoms with Crippen LogP contribution in [0.4, 0.5) is 17.1 Å². The smallest absolute Gasteiger partial charge is 0.269 e. The molecule has 0 saturated carbocycles. The summed E-state index contributed by atoms with van der Waals surface area (Å²) in [6, 6.07) is 34.0. The number of benzene rings is 4. The van der Waals surface area contributed by atoms with Gasteiger partial charge in [0.25, 0.3) is 5.69 Å². The molecule has 1 aliphatic rings. The summed E-state index contributed by atoms with van der Waals surface area (Å²) in [5.74, 6) is 0.769. The van der Waals surface area contributed by atoms with E-state index in [-0.39, 0.29) is 11.9 Å². The van der Waals surface area contributed by atoms with E-state index in [2.05, 4.69) is 4.90 Å². The van der Waals surface area contributed by atoms with Gasteiger partial charge < -0.3 is 0 Å². The van der Waals surface area contributed by atoms with Crippen LogP contribution in [0.2, 0.25) is 5.02 Å². The number of non-ortho nitro benzene ring substituents is 1. The van der Waals surface area contributed by atoms with Gasteiger partial charge >= 0.3 is 0 Å². The second kappa shape index (κ2) is 8.76. The van der Waals surface area contributed by atoms with E-state index in [1.807, 2.05) is 89.9 Å². The van der Waals surface area contributed by atoms with Gasteiger partial charge in [0.2, 0.25) is 0 Å². The minimum absolute atomic E-state index is 0.0465. The second-order valence-electron chi connectivity index (χ2n) is 7.54. The van der Waals surface area contributed by atoms with Gasteiger partial charge in [-0.05, 0) is 54.1 Å². The number of nitro benzene ring substituents is 1. The molecule has 162 valence electrons. The van der Waals surface area contributed by atoms with E-state index in [0.29, 0.717) is 5.02 Å². The Balaban J connectivity index is 1.70. The van der Waals surface area contributed by atoms with Gasteiger partial charge in [-0.25, -0.2) is 5.01 Å². The lowest BCUT2D eigenvalue weighted by Gasteiger charge is -2.32. The first-order valence-corrected chi connectivity index (χ1v) is 10.8. The zero-order valence-electron chi connectivity index (χ0n) is 17.5. The largest absolute Gasteiger partial charge is 0.297 e. The molecule has 0 N–H and O–H groups in total. The number of hydrogen-bond acceptors (Lipinski definition) is 5. The van der Waals surface area contributed by atoms with E-state index in [1.54, 1.807) is 12.1 Å². The van der Waals surface area contributed by atoms with Crippen molar-refractivity contribution in [2.24, 2.45) is 5.10 Å². The lowest BCUT2D eigenvalue weighted by atomic mass is 10.1. The van der Waals surface area contributed by atoms with Crippen LogP contribution in [0.1, 0.15) is 17.3 Å². The standard InChI is InChI=1S/C26H19ClN4O2/c27-21-13-17-22(18-14-21)29-25(19-7-3-1-4-8-19)28-30(23-9-5-2-6-10-23)26(29)20-11-15-24(16-12-20)31(32)33/h1-18,26H. The highest BCUT2D eigenvalue weighted by Crippen LogP contribution is 2.40. The maximum absolute atomic E-state index is 11.2. The summed E-state index contributed by atoms with van der Waals surface area (Å²) < 4.78 is 0. The fourth-order valence-electron chi connectivity index (χ4n) is 3.92. The highest BCUT2D eigenvalue weighted by Gasteiger charge is 2.38. The lowest BCUT2D eigenvalue weighted by Crippen LogP contribution is -2.35. The van der Waals surface area contributed by atoms with Crippen molar-refractivity contribution in [2.75, 3.05) is 9.91 Å². The topological polar surface area (TPSA) is 62.0 Å². The summed E-state index contributed by atoms with van der Waals surface area (Å²) >= 11 is 6.17. The highest BCUT2D eigenvalue weighted by molar-refractivity contribution is 6.30. The van der Waals surface area contributed by atoms with Gasteiger partial charge in [-0.3, -0.25) is 15.0 Å². The molecule has 0 fully saturated rings. The molecule has 1 heterocycles. The molecule has 0 saturated heterocycles. The van der Waals surface area contributed by atoms with Crippen LogP contribution in [-0.2, 0) is 0 Å². The molecule has 1 atom stereocenters. The molecule has 0 bridgehead atoms. The van der Waals surface area contributed by atoms with E-state index in [1.165, 1.54) is 12.1 Å². The highest BCUT2D eigenvalue weighted by atomic mass is 35.5. The summed E-state index contributed by atoms with van der Waals surface area (Å²) in [7, 11) is 0. The molecule has 4 aromatic carbocycles. The molecule has 0 spiro atoms. The van der Waals surface area contributed by atoms with Crippen LogP contribution in [0.3, 0.4) is 0 Å². The molecule has 7 heteroatoms. The maximum Gasteiger partial charge on any atom is 0.269 e. The maximum atomic E-state index is 11.2.